The summed E-state index contributed by atoms with van der Waals surface area (Å²) < 4.78 is 10.3. The maximum Gasteiger partial charge on any atom is 0.306 e. The van der Waals surface area contributed by atoms with Crippen LogP contribution in [0.25, 0.3) is 6.08 Å². The molecule has 8 heteroatoms. The van der Waals surface area contributed by atoms with E-state index in [4.69, 9.17) is 21.7 Å². The fourth-order valence-corrected chi connectivity index (χ4v) is 3.66. The second-order valence-corrected chi connectivity index (χ2v) is 7.77. The first-order valence-corrected chi connectivity index (χ1v) is 9.97. The van der Waals surface area contributed by atoms with E-state index in [1.165, 1.54) is 4.90 Å². The van der Waals surface area contributed by atoms with Gasteiger partial charge in [-0.05, 0) is 42.0 Å². The number of benzene rings is 1. The summed E-state index contributed by atoms with van der Waals surface area (Å²) in [4.78, 5) is 28.0. The van der Waals surface area contributed by atoms with Crippen LogP contribution < -0.4 is 9.64 Å². The lowest BCUT2D eigenvalue weighted by atomic mass is 10.2. The van der Waals surface area contributed by atoms with Gasteiger partial charge < -0.3 is 14.4 Å². The molecule has 146 valence electrons. The van der Waals surface area contributed by atoms with Gasteiger partial charge in [-0.1, -0.05) is 24.4 Å². The molecule has 0 radical (unpaired) electrons. The summed E-state index contributed by atoms with van der Waals surface area (Å²) in [6.45, 7) is 1.60. The highest BCUT2D eigenvalue weighted by Gasteiger charge is 2.31. The normalized spacial score (nSPS) is 15.7. The molecule has 1 aliphatic heterocycles. The average molecular weight is 410 g/mol. The third kappa shape index (κ3) is 6.64. The molecular formula is C19H25N2O4S2+. The van der Waals surface area contributed by atoms with E-state index in [0.717, 1.165) is 34.5 Å². The van der Waals surface area contributed by atoms with Crippen molar-refractivity contribution in [2.45, 2.75) is 12.8 Å². The van der Waals surface area contributed by atoms with Gasteiger partial charge in [-0.3, -0.25) is 14.5 Å². The van der Waals surface area contributed by atoms with Gasteiger partial charge in [0.25, 0.3) is 5.24 Å². The number of nitrogens with one attached hydrogen (secondary N) is 1. The molecule has 0 aromatic heterocycles. The monoisotopic (exact) mass is 409 g/mol. The van der Waals surface area contributed by atoms with Crippen molar-refractivity contribution in [1.29, 1.82) is 0 Å². The molecule has 1 aliphatic rings. The largest absolute Gasteiger partial charge is 0.497 e. The Balaban J connectivity index is 1.84. The Bertz CT molecular complexity index is 717. The van der Waals surface area contributed by atoms with E-state index >= 15 is 0 Å². The van der Waals surface area contributed by atoms with Crippen molar-refractivity contribution < 1.29 is 24.0 Å². The summed E-state index contributed by atoms with van der Waals surface area (Å²) in [6, 6.07) is 7.54. The molecule has 1 aromatic carbocycles. The number of rotatable bonds is 9. The highest BCUT2D eigenvalue weighted by atomic mass is 32.2. The topological polar surface area (TPSA) is 60.3 Å². The predicted molar refractivity (Wildman–Crippen MR) is 111 cm³/mol. The third-order valence-corrected chi connectivity index (χ3v) is 5.41. The maximum absolute atomic E-state index is 12.2. The first-order valence-electron chi connectivity index (χ1n) is 8.75. The van der Waals surface area contributed by atoms with Crippen molar-refractivity contribution in [3.8, 4) is 5.75 Å². The van der Waals surface area contributed by atoms with Gasteiger partial charge in [-0.25, -0.2) is 0 Å². The molecule has 27 heavy (non-hydrogen) atoms. The summed E-state index contributed by atoms with van der Waals surface area (Å²) in [5.41, 5.74) is 0.946. The fourth-order valence-electron chi connectivity index (χ4n) is 2.37. The van der Waals surface area contributed by atoms with Crippen molar-refractivity contribution in [3.05, 3.63) is 34.7 Å². The van der Waals surface area contributed by atoms with Crippen LogP contribution in [0.2, 0.25) is 0 Å². The maximum atomic E-state index is 12.2. The number of hydrogen-bond donors (Lipinski definition) is 1. The number of carbonyl (C=O) groups excluding carboxylic acids is 2. The third-order valence-electron chi connectivity index (χ3n) is 3.91. The molecular weight excluding hydrogens is 384 g/mol. The molecule has 0 atom stereocenters. The molecule has 0 saturated carbocycles. The molecule has 1 N–H and O–H groups in total. The minimum absolute atomic E-state index is 0.107. The molecule has 1 heterocycles. The van der Waals surface area contributed by atoms with Crippen LogP contribution in [0, 0.1) is 0 Å². The zero-order valence-electron chi connectivity index (χ0n) is 15.8. The van der Waals surface area contributed by atoms with Gasteiger partial charge in [-0.2, -0.15) is 0 Å². The molecule has 0 bridgehead atoms. The van der Waals surface area contributed by atoms with E-state index < -0.39 is 0 Å². The average Bonchev–Trinajstić information content (AvgIpc) is 2.89. The number of thioether (sulfide) groups is 1. The lowest BCUT2D eigenvalue weighted by Crippen LogP contribution is -3.06. The Morgan fingerprint density at radius 2 is 2.00 bits per heavy atom. The van der Waals surface area contributed by atoms with Crippen molar-refractivity contribution >= 4 is 46.3 Å². The van der Waals surface area contributed by atoms with Crippen molar-refractivity contribution in [2.24, 2.45) is 0 Å². The first kappa shape index (κ1) is 21.4. The minimum Gasteiger partial charge on any atom is -0.497 e. The van der Waals surface area contributed by atoms with Gasteiger partial charge in [0.1, 0.15) is 23.9 Å². The first-order chi connectivity index (χ1) is 12.9. The van der Waals surface area contributed by atoms with E-state index in [0.29, 0.717) is 24.6 Å². The summed E-state index contributed by atoms with van der Waals surface area (Å²) in [6.07, 6.45) is 2.69. The molecule has 1 amide bonds. The number of amides is 1. The molecule has 0 aliphatic carbocycles. The number of hydrogen-bond acceptors (Lipinski definition) is 6. The second kappa shape index (κ2) is 10.4. The SMILES string of the molecule is COc1ccc(/C=C2/SC(=O)N(CCCC(=O)OCC[NH+](C)C)C2=S)cc1. The lowest BCUT2D eigenvalue weighted by Gasteiger charge is -2.14. The number of thiocarbonyl (C=S) groups is 1. The zero-order valence-corrected chi connectivity index (χ0v) is 17.5. The number of nitrogens with zero attached hydrogens (tertiary/aromatic N) is 1. The van der Waals surface area contributed by atoms with E-state index in [1.807, 2.05) is 44.4 Å². The van der Waals surface area contributed by atoms with Crippen LogP contribution in [0.15, 0.2) is 29.2 Å². The van der Waals surface area contributed by atoms with Crippen molar-refractivity contribution in [1.82, 2.24) is 4.90 Å². The van der Waals surface area contributed by atoms with E-state index in [-0.39, 0.29) is 17.6 Å². The Morgan fingerprint density at radius 3 is 2.63 bits per heavy atom. The summed E-state index contributed by atoms with van der Waals surface area (Å²) in [7, 11) is 5.62. The number of quaternary nitrogens is 1. The van der Waals surface area contributed by atoms with Crippen LogP contribution in [0.5, 0.6) is 5.75 Å². The Morgan fingerprint density at radius 1 is 1.30 bits per heavy atom. The summed E-state index contributed by atoms with van der Waals surface area (Å²) in [5.74, 6) is 0.533. The molecule has 0 unspecified atom stereocenters. The number of esters is 1. The molecule has 1 fully saturated rings. The minimum atomic E-state index is -0.240. The molecule has 2 rings (SSSR count). The highest BCUT2D eigenvalue weighted by molar-refractivity contribution is 8.19. The van der Waals surface area contributed by atoms with Crippen LogP contribution in [-0.2, 0) is 9.53 Å². The standard InChI is InChI=1S/C19H24N2O4S2/c1-20(2)11-12-25-17(22)5-4-10-21-18(26)16(27-19(21)23)13-14-6-8-15(24-3)9-7-14/h6-9,13H,4-5,10-12H2,1-3H3/p+1/b16-13+. The van der Waals surface area contributed by atoms with Crippen LogP contribution in [0.4, 0.5) is 4.79 Å². The summed E-state index contributed by atoms with van der Waals surface area (Å²) in [5, 5.41) is -0.107. The van der Waals surface area contributed by atoms with Crippen LogP contribution in [-0.4, -0.2) is 62.0 Å². The Hall–Kier alpha value is -1.90. The fraction of sp³-hybridized carbons (Fsp3) is 0.421. The van der Waals surface area contributed by atoms with Gasteiger partial charge >= 0.3 is 5.97 Å². The second-order valence-electron chi connectivity index (χ2n) is 6.39. The summed E-state index contributed by atoms with van der Waals surface area (Å²) >= 11 is 6.56. The Labute approximate surface area is 169 Å². The van der Waals surface area contributed by atoms with E-state index in [1.54, 1.807) is 12.0 Å². The number of methoxy groups -OCH3 is 1. The lowest BCUT2D eigenvalue weighted by molar-refractivity contribution is -0.858. The van der Waals surface area contributed by atoms with Gasteiger partial charge in [0.05, 0.1) is 26.1 Å². The molecule has 0 spiro atoms. The van der Waals surface area contributed by atoms with Gasteiger partial charge in [0.15, 0.2) is 0 Å². The molecule has 1 aromatic rings. The van der Waals surface area contributed by atoms with Gasteiger partial charge in [0.2, 0.25) is 0 Å². The van der Waals surface area contributed by atoms with E-state index in [2.05, 4.69) is 0 Å². The predicted octanol–water partition coefficient (Wildman–Crippen LogP) is 2.00. The van der Waals surface area contributed by atoms with Crippen molar-refractivity contribution in [2.75, 3.05) is 40.9 Å². The van der Waals surface area contributed by atoms with Gasteiger partial charge in [0, 0.05) is 13.0 Å². The van der Waals surface area contributed by atoms with Crippen LogP contribution >= 0.6 is 24.0 Å². The number of ether oxygens (including phenoxy) is 2. The van der Waals surface area contributed by atoms with Gasteiger partial charge in [-0.15, -0.1) is 0 Å². The Kier molecular flexibility index (Phi) is 8.27. The quantitative estimate of drug-likeness (QED) is 0.382. The van der Waals surface area contributed by atoms with Crippen molar-refractivity contribution in [3.63, 3.8) is 0 Å². The van der Waals surface area contributed by atoms with Crippen LogP contribution in [0.3, 0.4) is 0 Å². The molecule has 1 saturated heterocycles. The molecule has 6 nitrogen and oxygen atoms in total. The highest BCUT2D eigenvalue weighted by Crippen LogP contribution is 2.33. The van der Waals surface area contributed by atoms with E-state index in [9.17, 15) is 9.59 Å². The zero-order chi connectivity index (χ0) is 19.8. The smallest absolute Gasteiger partial charge is 0.306 e. The number of likely N-dealkylation sites (N-methyl/N-ethyl adjacent to an activating group) is 1. The van der Waals surface area contributed by atoms with Crippen LogP contribution in [0.1, 0.15) is 18.4 Å². The number of carbonyl (C=O) groups is 2.